The Morgan fingerprint density at radius 2 is 1.70 bits per heavy atom. The van der Waals surface area contributed by atoms with Gasteiger partial charge in [-0.1, -0.05) is 12.5 Å². The van der Waals surface area contributed by atoms with Crippen molar-refractivity contribution in [1.82, 2.24) is 14.8 Å². The number of hydrogen-bond acceptors (Lipinski definition) is 4. The number of benzene rings is 1. The van der Waals surface area contributed by atoms with Crippen LogP contribution in [0.3, 0.4) is 0 Å². The van der Waals surface area contributed by atoms with E-state index in [9.17, 15) is 14.4 Å². The number of aromatic nitrogens is 1. The second kappa shape index (κ2) is 8.47. The zero-order valence-electron chi connectivity index (χ0n) is 18.3. The van der Waals surface area contributed by atoms with Gasteiger partial charge in [-0.25, -0.2) is 0 Å². The highest BCUT2D eigenvalue weighted by atomic mass is 35.5. The average molecular weight is 467 g/mol. The minimum absolute atomic E-state index is 0. The third-order valence-electron chi connectivity index (χ3n) is 7.08. The molecule has 3 amide bonds. The molecule has 3 aliphatic heterocycles. The minimum Gasteiger partial charge on any atom is -0.361 e. The molecule has 1 saturated carbocycles. The molecule has 4 aliphatic rings. The van der Waals surface area contributed by atoms with Gasteiger partial charge in [0.1, 0.15) is 0 Å². The fraction of sp³-hybridized carbons (Fsp3) is 0.400. The minimum atomic E-state index is -0.140. The molecule has 33 heavy (non-hydrogen) atoms. The Morgan fingerprint density at radius 1 is 0.939 bits per heavy atom. The number of nitrogens with one attached hydrogen (secondary N) is 2. The van der Waals surface area contributed by atoms with Crippen LogP contribution in [0.25, 0.3) is 11.6 Å². The summed E-state index contributed by atoms with van der Waals surface area (Å²) in [5, 5.41) is 2.92. The predicted octanol–water partition coefficient (Wildman–Crippen LogP) is 3.42. The lowest BCUT2D eigenvalue weighted by molar-refractivity contribution is -0.142. The molecule has 172 valence electrons. The summed E-state index contributed by atoms with van der Waals surface area (Å²) >= 11 is 0. The normalized spacial score (nSPS) is 25.2. The molecule has 7 nitrogen and oxygen atoms in total. The quantitative estimate of drug-likeness (QED) is 0.522. The van der Waals surface area contributed by atoms with E-state index in [-0.39, 0.29) is 48.5 Å². The average Bonchev–Trinajstić information content (AvgIpc) is 3.31. The Kier molecular flexibility index (Phi) is 5.62. The molecule has 1 aromatic carbocycles. The van der Waals surface area contributed by atoms with E-state index in [2.05, 4.69) is 21.3 Å². The number of nitrogens with zero attached hydrogens (tertiary/aromatic N) is 2. The monoisotopic (exact) mass is 466 g/mol. The third kappa shape index (κ3) is 4.00. The van der Waals surface area contributed by atoms with Crippen LogP contribution in [0.2, 0.25) is 0 Å². The maximum atomic E-state index is 12.6. The predicted molar refractivity (Wildman–Crippen MR) is 127 cm³/mol. The van der Waals surface area contributed by atoms with Crippen LogP contribution in [-0.4, -0.2) is 45.6 Å². The lowest BCUT2D eigenvalue weighted by atomic mass is 10.0. The van der Waals surface area contributed by atoms with E-state index in [0.717, 1.165) is 42.1 Å². The Morgan fingerprint density at radius 3 is 2.45 bits per heavy atom. The molecular weight excluding hydrogens is 440 g/mol. The maximum Gasteiger partial charge on any atom is 0.256 e. The largest absolute Gasteiger partial charge is 0.361 e. The number of hydrogen-bond donors (Lipinski definition) is 2. The molecule has 4 heterocycles. The highest BCUT2D eigenvalue weighted by Crippen LogP contribution is 2.47. The molecule has 3 fully saturated rings. The number of carbonyl (C=O) groups excluding carboxylic acids is 3. The number of imide groups is 1. The van der Waals surface area contributed by atoms with Gasteiger partial charge in [0.25, 0.3) is 5.91 Å². The summed E-state index contributed by atoms with van der Waals surface area (Å²) in [6.45, 7) is 3.47. The van der Waals surface area contributed by atoms with Gasteiger partial charge < -0.3 is 10.3 Å². The zero-order valence-corrected chi connectivity index (χ0v) is 19.1. The van der Waals surface area contributed by atoms with E-state index in [1.54, 1.807) is 0 Å². The molecule has 2 aromatic rings. The van der Waals surface area contributed by atoms with Crippen LogP contribution in [0.5, 0.6) is 0 Å². The summed E-state index contributed by atoms with van der Waals surface area (Å²) in [4.78, 5) is 44.4. The standard InChI is InChI=1S/C25H26N4O3.ClH/c30-23-19(10-17-8-16(12-26-17)13-28-6-2-1-3-7-28)18-9-15(4-5-22(18)27-23)14-29-24(31)20-11-21(20)25(29)32;/h4-5,8-10,12,20-21,26H,1-3,6-7,11,13-14H2,(H,27,30);1H/t20-,21+;. The van der Waals surface area contributed by atoms with Gasteiger partial charge >= 0.3 is 0 Å². The van der Waals surface area contributed by atoms with Gasteiger partial charge in [-0.15, -0.1) is 12.4 Å². The maximum absolute atomic E-state index is 12.6. The van der Waals surface area contributed by atoms with Crippen molar-refractivity contribution in [2.24, 2.45) is 11.8 Å². The number of anilines is 1. The number of fused-ring (bicyclic) bond motifs is 2. The topological polar surface area (TPSA) is 85.5 Å². The lowest BCUT2D eigenvalue weighted by Crippen LogP contribution is -2.32. The van der Waals surface area contributed by atoms with Gasteiger partial charge in [-0.3, -0.25) is 24.2 Å². The van der Waals surface area contributed by atoms with E-state index in [1.165, 1.54) is 29.7 Å². The number of H-pyrrole nitrogens is 1. The molecule has 2 saturated heterocycles. The van der Waals surface area contributed by atoms with Crippen LogP contribution in [0.1, 0.15) is 48.1 Å². The van der Waals surface area contributed by atoms with Crippen molar-refractivity contribution in [3.63, 3.8) is 0 Å². The van der Waals surface area contributed by atoms with Crippen molar-refractivity contribution in [2.45, 2.75) is 38.8 Å². The molecule has 1 aliphatic carbocycles. The Balaban J connectivity index is 0.00000228. The SMILES string of the molecule is Cl.O=C1Nc2ccc(CN3C(=O)[C@H]4C[C@H]4C3=O)cc2C1=Cc1cc(CN2CCCCC2)c[nH]1. The fourth-order valence-electron chi connectivity index (χ4n) is 5.23. The van der Waals surface area contributed by atoms with Crippen LogP contribution in [0.15, 0.2) is 30.5 Å². The second-order valence-electron chi connectivity index (χ2n) is 9.40. The van der Waals surface area contributed by atoms with Crippen molar-refractivity contribution < 1.29 is 14.4 Å². The van der Waals surface area contributed by atoms with Crippen molar-refractivity contribution in [1.29, 1.82) is 0 Å². The molecule has 0 unspecified atom stereocenters. The number of rotatable bonds is 5. The molecule has 0 radical (unpaired) electrons. The summed E-state index contributed by atoms with van der Waals surface area (Å²) in [5.74, 6) is -0.444. The van der Waals surface area contributed by atoms with E-state index in [1.807, 2.05) is 30.5 Å². The molecule has 1 aromatic heterocycles. The first-order chi connectivity index (χ1) is 15.6. The van der Waals surface area contributed by atoms with E-state index < -0.39 is 0 Å². The Hall–Kier alpha value is -2.90. The third-order valence-corrected chi connectivity index (χ3v) is 7.08. The van der Waals surface area contributed by atoms with E-state index in [4.69, 9.17) is 0 Å². The number of carbonyl (C=O) groups is 3. The van der Waals surface area contributed by atoms with Gasteiger partial charge in [0, 0.05) is 29.7 Å². The van der Waals surface area contributed by atoms with Crippen LogP contribution in [0.4, 0.5) is 5.69 Å². The first kappa shape index (κ1) is 21.9. The summed E-state index contributed by atoms with van der Waals surface area (Å²) < 4.78 is 0. The number of halogens is 1. The Labute approximate surface area is 198 Å². The van der Waals surface area contributed by atoms with E-state index >= 15 is 0 Å². The number of aromatic amines is 1. The van der Waals surface area contributed by atoms with Crippen LogP contribution >= 0.6 is 12.4 Å². The summed E-state index contributed by atoms with van der Waals surface area (Å²) in [5.41, 5.74) is 5.12. The molecule has 8 heteroatoms. The highest BCUT2D eigenvalue weighted by molar-refractivity contribution is 6.34. The smallest absolute Gasteiger partial charge is 0.256 e. The molecule has 0 bridgehead atoms. The van der Waals surface area contributed by atoms with Gasteiger partial charge in [0.15, 0.2) is 0 Å². The lowest BCUT2D eigenvalue weighted by Gasteiger charge is -2.25. The van der Waals surface area contributed by atoms with Crippen molar-refractivity contribution in [3.8, 4) is 0 Å². The van der Waals surface area contributed by atoms with Gasteiger partial charge in [0.05, 0.1) is 24.0 Å². The van der Waals surface area contributed by atoms with E-state index in [0.29, 0.717) is 12.0 Å². The first-order valence-electron chi connectivity index (χ1n) is 11.5. The number of likely N-dealkylation sites (tertiary alicyclic amines) is 2. The zero-order chi connectivity index (χ0) is 21.8. The van der Waals surface area contributed by atoms with Crippen LogP contribution in [0, 0.1) is 11.8 Å². The molecule has 2 N–H and O–H groups in total. The van der Waals surface area contributed by atoms with Crippen molar-refractivity contribution >= 4 is 47.5 Å². The fourth-order valence-corrected chi connectivity index (χ4v) is 5.23. The summed E-state index contributed by atoms with van der Waals surface area (Å²) in [6.07, 6.45) is 8.44. The van der Waals surface area contributed by atoms with Crippen LogP contribution in [-0.2, 0) is 27.5 Å². The first-order valence-corrected chi connectivity index (χ1v) is 11.5. The second-order valence-corrected chi connectivity index (χ2v) is 9.40. The molecular formula is C25H27ClN4O3. The Bertz CT molecular complexity index is 1140. The summed E-state index contributed by atoms with van der Waals surface area (Å²) in [7, 11) is 0. The van der Waals surface area contributed by atoms with Crippen LogP contribution < -0.4 is 5.32 Å². The number of amides is 3. The molecule has 2 atom stereocenters. The van der Waals surface area contributed by atoms with Crippen molar-refractivity contribution in [3.05, 3.63) is 52.8 Å². The van der Waals surface area contributed by atoms with Gasteiger partial charge in [0.2, 0.25) is 11.8 Å². The van der Waals surface area contributed by atoms with Gasteiger partial charge in [-0.05, 0) is 67.8 Å². The molecule has 6 rings (SSSR count). The summed E-state index contributed by atoms with van der Waals surface area (Å²) in [6, 6.07) is 7.75. The van der Waals surface area contributed by atoms with Gasteiger partial charge in [-0.2, -0.15) is 0 Å². The molecule has 0 spiro atoms. The highest BCUT2D eigenvalue weighted by Gasteiger charge is 2.58. The number of piperidine rings is 2. The van der Waals surface area contributed by atoms with Crippen molar-refractivity contribution in [2.75, 3.05) is 18.4 Å².